The molecule has 4 aliphatic heterocycles. The summed E-state index contributed by atoms with van der Waals surface area (Å²) in [6.07, 6.45) is 1.77. The maximum absolute atomic E-state index is 15.7. The van der Waals surface area contributed by atoms with Crippen LogP contribution in [0.3, 0.4) is 0 Å². The molecule has 12 heteroatoms. The van der Waals surface area contributed by atoms with E-state index in [0.717, 1.165) is 37.7 Å². The van der Waals surface area contributed by atoms with Crippen molar-refractivity contribution in [1.29, 1.82) is 0 Å². The van der Waals surface area contributed by atoms with Gasteiger partial charge < -0.3 is 34.6 Å². The zero-order valence-electron chi connectivity index (χ0n) is 25.6. The van der Waals surface area contributed by atoms with Crippen molar-refractivity contribution in [3.8, 4) is 16.9 Å². The van der Waals surface area contributed by atoms with Gasteiger partial charge in [0.2, 0.25) is 0 Å². The summed E-state index contributed by atoms with van der Waals surface area (Å²) >= 11 is 13.4. The van der Waals surface area contributed by atoms with Crippen LogP contribution in [0.25, 0.3) is 11.1 Å². The molecule has 0 aromatic heterocycles. The van der Waals surface area contributed by atoms with Crippen molar-refractivity contribution in [3.05, 3.63) is 75.0 Å². The molecule has 7 rings (SSSR count). The molecule has 4 heterocycles. The van der Waals surface area contributed by atoms with E-state index in [1.54, 1.807) is 30.3 Å². The van der Waals surface area contributed by atoms with Crippen LogP contribution in [0.15, 0.2) is 42.5 Å². The SMILES string of the molecule is C[C@H]1CN(c2cc(Cl)c(C(=O)N3COc4c(cccc4-c4cc(N5C6CCC5COC6)c(C(=O)O)cc4F)C3)c(Cl)c2)C[C@H](C)N1. The predicted octanol–water partition coefficient (Wildman–Crippen LogP) is 6.04. The molecule has 9 nitrogen and oxygen atoms in total. The molecule has 0 spiro atoms. The molecule has 0 saturated carbocycles. The average Bonchev–Trinajstić information content (AvgIpc) is 3.26. The Hall–Kier alpha value is -3.57. The number of piperazine rings is 1. The Labute approximate surface area is 276 Å². The molecule has 0 aliphatic carbocycles. The normalized spacial score (nSPS) is 24.1. The van der Waals surface area contributed by atoms with Gasteiger partial charge in [-0.1, -0.05) is 41.4 Å². The van der Waals surface area contributed by atoms with E-state index in [4.69, 9.17) is 32.7 Å². The first-order valence-electron chi connectivity index (χ1n) is 15.6. The van der Waals surface area contributed by atoms with Gasteiger partial charge in [-0.25, -0.2) is 9.18 Å². The van der Waals surface area contributed by atoms with Crippen molar-refractivity contribution in [1.82, 2.24) is 10.2 Å². The fourth-order valence-corrected chi connectivity index (χ4v) is 8.07. The Kier molecular flexibility index (Phi) is 8.25. The maximum atomic E-state index is 15.7. The zero-order chi connectivity index (χ0) is 32.3. The summed E-state index contributed by atoms with van der Waals surface area (Å²) in [4.78, 5) is 31.8. The first-order chi connectivity index (χ1) is 22.1. The monoisotopic (exact) mass is 668 g/mol. The quantitative estimate of drug-likeness (QED) is 0.340. The number of fused-ring (bicyclic) bond motifs is 3. The van der Waals surface area contributed by atoms with Gasteiger partial charge >= 0.3 is 5.97 Å². The number of hydrogen-bond acceptors (Lipinski definition) is 7. The van der Waals surface area contributed by atoms with E-state index in [0.29, 0.717) is 47.9 Å². The lowest BCUT2D eigenvalue weighted by molar-refractivity contribution is 0.0516. The molecule has 3 aromatic rings. The second kappa shape index (κ2) is 12.2. The molecule has 46 heavy (non-hydrogen) atoms. The minimum absolute atomic E-state index is 0.0346. The third-order valence-electron chi connectivity index (χ3n) is 9.40. The molecule has 4 aliphatic rings. The lowest BCUT2D eigenvalue weighted by Crippen LogP contribution is -2.54. The van der Waals surface area contributed by atoms with Gasteiger partial charge in [0.25, 0.3) is 5.91 Å². The van der Waals surface area contributed by atoms with Crippen molar-refractivity contribution in [2.75, 3.05) is 42.8 Å². The number of carbonyl (C=O) groups is 2. The molecular formula is C34H35Cl2FN4O5. The van der Waals surface area contributed by atoms with Crippen molar-refractivity contribution in [2.45, 2.75) is 57.4 Å². The highest BCUT2D eigenvalue weighted by atomic mass is 35.5. The Morgan fingerprint density at radius 3 is 2.30 bits per heavy atom. The van der Waals surface area contributed by atoms with Crippen molar-refractivity contribution in [3.63, 3.8) is 0 Å². The number of aromatic carboxylic acids is 1. The summed E-state index contributed by atoms with van der Waals surface area (Å²) in [5.41, 5.74) is 2.86. The van der Waals surface area contributed by atoms with E-state index in [2.05, 4.69) is 29.0 Å². The second-order valence-electron chi connectivity index (χ2n) is 12.7. The number of ether oxygens (including phenoxy) is 2. The molecule has 2 unspecified atom stereocenters. The van der Waals surface area contributed by atoms with Gasteiger partial charge in [-0.3, -0.25) is 4.79 Å². The van der Waals surface area contributed by atoms with Crippen LogP contribution in [0, 0.1) is 5.82 Å². The summed E-state index contributed by atoms with van der Waals surface area (Å²) in [5, 5.41) is 14.0. The number of amides is 1. The number of carbonyl (C=O) groups excluding carboxylic acids is 1. The molecule has 2 bridgehead atoms. The fraction of sp³-hybridized carbons (Fsp3) is 0.412. The van der Waals surface area contributed by atoms with Crippen LogP contribution >= 0.6 is 23.2 Å². The Balaban J connectivity index is 1.17. The first kappa shape index (κ1) is 31.1. The topological polar surface area (TPSA) is 94.6 Å². The molecule has 4 atom stereocenters. The highest BCUT2D eigenvalue weighted by molar-refractivity contribution is 6.40. The molecule has 242 valence electrons. The predicted molar refractivity (Wildman–Crippen MR) is 175 cm³/mol. The van der Waals surface area contributed by atoms with Crippen LogP contribution in [0.5, 0.6) is 5.75 Å². The smallest absolute Gasteiger partial charge is 0.337 e. The number of carboxylic acid groups (broad SMARTS) is 1. The standard InChI is InChI=1S/C34H35Cl2FN4O5/c1-18-12-39(13-19(2)38-18)23-8-27(35)31(28(36)9-23)33(42)40-14-20-4-3-5-24(32(20)46-17-40)25-11-30(26(34(43)44)10-29(25)37)41-21-6-7-22(41)16-45-15-21/h3-5,8-11,18-19,21-22,38H,6-7,12-17H2,1-2H3,(H,43,44)/t18-,19-,21?,22?/m0/s1. The summed E-state index contributed by atoms with van der Waals surface area (Å²) in [6.45, 7) is 6.92. The number of nitrogens with one attached hydrogen (secondary N) is 1. The molecule has 3 saturated heterocycles. The molecule has 3 fully saturated rings. The lowest BCUT2D eigenvalue weighted by atomic mass is 9.96. The average molecular weight is 670 g/mol. The van der Waals surface area contributed by atoms with E-state index in [9.17, 15) is 14.7 Å². The third kappa shape index (κ3) is 5.55. The number of rotatable bonds is 5. The van der Waals surface area contributed by atoms with Crippen molar-refractivity contribution < 1.29 is 28.6 Å². The second-order valence-corrected chi connectivity index (χ2v) is 13.5. The van der Waals surface area contributed by atoms with Crippen LogP contribution in [-0.4, -0.2) is 79.1 Å². The highest BCUT2D eigenvalue weighted by Crippen LogP contribution is 2.43. The minimum Gasteiger partial charge on any atom is -0.478 e. The molecule has 0 radical (unpaired) electrons. The van der Waals surface area contributed by atoms with E-state index in [1.807, 2.05) is 6.07 Å². The summed E-state index contributed by atoms with van der Waals surface area (Å²) in [7, 11) is 0. The number of nitrogens with zero attached hydrogens (tertiary/aromatic N) is 3. The van der Waals surface area contributed by atoms with Gasteiger partial charge in [0, 0.05) is 47.6 Å². The fourth-order valence-electron chi connectivity index (χ4n) is 7.43. The Morgan fingerprint density at radius 2 is 1.65 bits per heavy atom. The zero-order valence-corrected chi connectivity index (χ0v) is 27.1. The van der Waals surface area contributed by atoms with E-state index in [1.165, 1.54) is 4.90 Å². The number of anilines is 2. The van der Waals surface area contributed by atoms with Crippen molar-refractivity contribution >= 4 is 46.5 Å². The van der Waals surface area contributed by atoms with Crippen LogP contribution in [-0.2, 0) is 11.3 Å². The maximum Gasteiger partial charge on any atom is 0.337 e. The molecule has 1 amide bonds. The van der Waals surface area contributed by atoms with Crippen LogP contribution in [0.2, 0.25) is 10.0 Å². The van der Waals surface area contributed by atoms with Gasteiger partial charge in [-0.15, -0.1) is 0 Å². The Bertz CT molecular complexity index is 1670. The van der Waals surface area contributed by atoms with E-state index in [-0.39, 0.29) is 58.0 Å². The molecule has 2 N–H and O–H groups in total. The molecule has 3 aromatic carbocycles. The van der Waals surface area contributed by atoms with Gasteiger partial charge in [-0.2, -0.15) is 0 Å². The number of carboxylic acids is 1. The summed E-state index contributed by atoms with van der Waals surface area (Å²) in [5.74, 6) is -1.78. The Morgan fingerprint density at radius 1 is 0.978 bits per heavy atom. The lowest BCUT2D eigenvalue weighted by Gasteiger charge is -2.38. The minimum atomic E-state index is -1.19. The first-order valence-corrected chi connectivity index (χ1v) is 16.3. The van der Waals surface area contributed by atoms with Gasteiger partial charge in [0.05, 0.1) is 58.7 Å². The van der Waals surface area contributed by atoms with Crippen LogP contribution in [0.4, 0.5) is 15.8 Å². The number of halogens is 3. The van der Waals surface area contributed by atoms with Gasteiger partial charge in [0.1, 0.15) is 11.6 Å². The largest absolute Gasteiger partial charge is 0.478 e. The number of para-hydroxylation sites is 1. The third-order valence-corrected chi connectivity index (χ3v) is 9.99. The number of morpholine rings is 1. The number of hydrogen-bond donors (Lipinski definition) is 2. The van der Waals surface area contributed by atoms with Gasteiger partial charge in [0.15, 0.2) is 6.73 Å². The van der Waals surface area contributed by atoms with Gasteiger partial charge in [-0.05, 0) is 51.0 Å². The van der Waals surface area contributed by atoms with Crippen LogP contribution < -0.4 is 19.9 Å². The number of benzene rings is 3. The van der Waals surface area contributed by atoms with Crippen molar-refractivity contribution in [2.24, 2.45) is 0 Å². The summed E-state index contributed by atoms with van der Waals surface area (Å²) < 4.78 is 27.5. The molecular weight excluding hydrogens is 634 g/mol. The van der Waals surface area contributed by atoms with E-state index >= 15 is 4.39 Å². The van der Waals surface area contributed by atoms with E-state index < -0.39 is 11.8 Å². The van der Waals surface area contributed by atoms with Crippen LogP contribution in [0.1, 0.15) is 53.0 Å². The summed E-state index contributed by atoms with van der Waals surface area (Å²) in [6, 6.07) is 12.3. The highest BCUT2D eigenvalue weighted by Gasteiger charge is 2.40.